The highest BCUT2D eigenvalue weighted by Crippen LogP contribution is 2.32. The number of hydrogen-bond donors (Lipinski definition) is 0. The molecule has 2 atom stereocenters. The smallest absolute Gasteiger partial charge is 0.264 e. The van der Waals surface area contributed by atoms with E-state index in [1.807, 2.05) is 9.58 Å². The Morgan fingerprint density at radius 1 is 1.48 bits per heavy atom. The van der Waals surface area contributed by atoms with Crippen molar-refractivity contribution in [1.82, 2.24) is 19.9 Å². The van der Waals surface area contributed by atoms with Crippen molar-refractivity contribution in [2.75, 3.05) is 13.1 Å². The van der Waals surface area contributed by atoms with E-state index in [4.69, 9.17) is 16.3 Å². The van der Waals surface area contributed by atoms with Crippen molar-refractivity contribution >= 4 is 28.8 Å². The van der Waals surface area contributed by atoms with Crippen molar-refractivity contribution in [3.05, 3.63) is 33.2 Å². The summed E-state index contributed by atoms with van der Waals surface area (Å²) in [5, 5.41) is 8.08. The van der Waals surface area contributed by atoms with Crippen molar-refractivity contribution in [2.45, 2.75) is 25.2 Å². The maximum atomic E-state index is 12.5. The van der Waals surface area contributed by atoms with Gasteiger partial charge in [-0.25, -0.2) is 4.68 Å². The summed E-state index contributed by atoms with van der Waals surface area (Å²) in [7, 11) is 0. The second-order valence-electron chi connectivity index (χ2n) is 5.23. The molecule has 1 saturated heterocycles. The number of thiophene rings is 1. The number of piperidine rings is 1. The maximum absolute atomic E-state index is 12.5. The molecule has 4 heterocycles. The molecule has 1 fully saturated rings. The van der Waals surface area contributed by atoms with Gasteiger partial charge in [0, 0.05) is 13.1 Å². The average Bonchev–Trinajstić information content (AvgIpc) is 3.14. The number of hydrogen-bond acceptors (Lipinski definition) is 5. The van der Waals surface area contributed by atoms with Gasteiger partial charge in [-0.15, -0.1) is 16.4 Å². The summed E-state index contributed by atoms with van der Waals surface area (Å²) < 4.78 is 8.45. The van der Waals surface area contributed by atoms with E-state index in [1.165, 1.54) is 11.3 Å². The number of aromatic nitrogens is 3. The molecule has 0 N–H and O–H groups in total. The quantitative estimate of drug-likeness (QED) is 0.804. The molecule has 0 spiro atoms. The molecule has 2 aromatic rings. The van der Waals surface area contributed by atoms with Gasteiger partial charge in [0.1, 0.15) is 0 Å². The zero-order valence-electron chi connectivity index (χ0n) is 11.1. The van der Waals surface area contributed by atoms with Crippen molar-refractivity contribution in [2.24, 2.45) is 0 Å². The molecule has 0 radical (unpaired) electrons. The molecule has 2 aliphatic heterocycles. The normalized spacial score (nSPS) is 24.5. The van der Waals surface area contributed by atoms with Crippen molar-refractivity contribution < 1.29 is 9.53 Å². The van der Waals surface area contributed by atoms with Crippen LogP contribution in [0.5, 0.6) is 0 Å². The first-order valence-electron chi connectivity index (χ1n) is 6.77. The van der Waals surface area contributed by atoms with E-state index >= 15 is 0 Å². The zero-order valence-corrected chi connectivity index (χ0v) is 12.7. The van der Waals surface area contributed by atoms with Gasteiger partial charge in [-0.2, -0.15) is 0 Å². The molecule has 8 heteroatoms. The van der Waals surface area contributed by atoms with Gasteiger partial charge in [-0.3, -0.25) is 4.79 Å². The fourth-order valence-corrected chi connectivity index (χ4v) is 3.97. The van der Waals surface area contributed by atoms with Crippen LogP contribution in [0.2, 0.25) is 4.34 Å². The van der Waals surface area contributed by atoms with E-state index in [1.54, 1.807) is 18.3 Å². The minimum absolute atomic E-state index is 0.0210. The van der Waals surface area contributed by atoms with E-state index in [9.17, 15) is 4.79 Å². The predicted octanol–water partition coefficient (Wildman–Crippen LogP) is 1.98. The number of ether oxygens (including phenoxy) is 1. The van der Waals surface area contributed by atoms with Crippen LogP contribution in [0.4, 0.5) is 0 Å². The Morgan fingerprint density at radius 2 is 2.38 bits per heavy atom. The summed E-state index contributed by atoms with van der Waals surface area (Å²) >= 11 is 7.22. The highest BCUT2D eigenvalue weighted by atomic mass is 35.5. The molecular formula is C13H13ClN4O2S. The van der Waals surface area contributed by atoms with Gasteiger partial charge in [0.15, 0.2) is 0 Å². The van der Waals surface area contributed by atoms with Crippen LogP contribution >= 0.6 is 22.9 Å². The zero-order chi connectivity index (χ0) is 14.4. The highest BCUT2D eigenvalue weighted by Gasteiger charge is 2.38. The lowest BCUT2D eigenvalue weighted by molar-refractivity contribution is -0.0627. The Balaban J connectivity index is 1.52. The SMILES string of the molecule is O=C(c1ccc(Cl)s1)N1CC[C@H]2[C@H](C1)OCc1cnnn12. The van der Waals surface area contributed by atoms with Crippen molar-refractivity contribution in [3.8, 4) is 0 Å². The van der Waals surface area contributed by atoms with Gasteiger partial charge in [0.05, 0.1) is 39.9 Å². The second kappa shape index (κ2) is 5.08. The molecule has 0 unspecified atom stereocenters. The maximum Gasteiger partial charge on any atom is 0.264 e. The van der Waals surface area contributed by atoms with Crippen molar-refractivity contribution in [3.63, 3.8) is 0 Å². The molecule has 0 aliphatic carbocycles. The third-order valence-electron chi connectivity index (χ3n) is 4.00. The first kappa shape index (κ1) is 13.2. The molecule has 6 nitrogen and oxygen atoms in total. The van der Waals surface area contributed by atoms with E-state index < -0.39 is 0 Å². The molecule has 1 amide bonds. The largest absolute Gasteiger partial charge is 0.368 e. The number of fused-ring (bicyclic) bond motifs is 3. The average molecular weight is 325 g/mol. The lowest BCUT2D eigenvalue weighted by Crippen LogP contribution is -2.50. The van der Waals surface area contributed by atoms with Crippen LogP contribution in [0.3, 0.4) is 0 Å². The Kier molecular flexibility index (Phi) is 3.20. The number of rotatable bonds is 1. The van der Waals surface area contributed by atoms with E-state index in [0.29, 0.717) is 28.9 Å². The molecule has 0 bridgehead atoms. The first-order valence-corrected chi connectivity index (χ1v) is 7.97. The molecule has 110 valence electrons. The van der Waals surface area contributed by atoms with Gasteiger partial charge >= 0.3 is 0 Å². The van der Waals surface area contributed by atoms with Gasteiger partial charge in [0.2, 0.25) is 0 Å². The van der Waals surface area contributed by atoms with Gasteiger partial charge in [0.25, 0.3) is 5.91 Å². The summed E-state index contributed by atoms with van der Waals surface area (Å²) in [6, 6.07) is 3.70. The topological polar surface area (TPSA) is 60.3 Å². The molecule has 21 heavy (non-hydrogen) atoms. The Labute approximate surface area is 130 Å². The third-order valence-corrected chi connectivity index (χ3v) is 5.22. The van der Waals surface area contributed by atoms with E-state index in [0.717, 1.165) is 12.1 Å². The summed E-state index contributed by atoms with van der Waals surface area (Å²) in [5.74, 6) is 0.0262. The molecule has 0 saturated carbocycles. The lowest BCUT2D eigenvalue weighted by atomic mass is 10.00. The van der Waals surface area contributed by atoms with Gasteiger partial charge < -0.3 is 9.64 Å². The van der Waals surface area contributed by atoms with Crippen LogP contribution in [0, 0.1) is 0 Å². The Hall–Kier alpha value is -1.44. The van der Waals surface area contributed by atoms with Crippen LogP contribution in [-0.2, 0) is 11.3 Å². The van der Waals surface area contributed by atoms with Crippen LogP contribution < -0.4 is 0 Å². The monoisotopic (exact) mass is 324 g/mol. The number of halogens is 1. The third kappa shape index (κ3) is 2.25. The summed E-state index contributed by atoms with van der Waals surface area (Å²) in [4.78, 5) is 15.0. The Bertz CT molecular complexity index is 685. The molecule has 2 aromatic heterocycles. The lowest BCUT2D eigenvalue weighted by Gasteiger charge is -2.40. The fourth-order valence-electron chi connectivity index (χ4n) is 2.96. The molecule has 2 aliphatic rings. The molecule has 4 rings (SSSR count). The predicted molar refractivity (Wildman–Crippen MR) is 77.5 cm³/mol. The minimum Gasteiger partial charge on any atom is -0.368 e. The standard InChI is InChI=1S/C13H13ClN4O2S/c14-12-2-1-11(21-12)13(19)17-4-3-9-10(6-17)20-7-8-5-15-16-18(8)9/h1-2,5,9-10H,3-4,6-7H2/t9-,10-/m0/s1. The first-order chi connectivity index (χ1) is 10.2. The van der Waals surface area contributed by atoms with Gasteiger partial charge in [-0.1, -0.05) is 16.8 Å². The fraction of sp³-hybridized carbons (Fsp3) is 0.462. The number of nitrogens with zero attached hydrogens (tertiary/aromatic N) is 4. The number of amides is 1. The second-order valence-corrected chi connectivity index (χ2v) is 6.95. The van der Waals surface area contributed by atoms with Crippen LogP contribution in [0.25, 0.3) is 0 Å². The molecular weight excluding hydrogens is 312 g/mol. The summed E-state index contributed by atoms with van der Waals surface area (Å²) in [5.41, 5.74) is 1.00. The minimum atomic E-state index is -0.0210. The van der Waals surface area contributed by atoms with Crippen molar-refractivity contribution in [1.29, 1.82) is 0 Å². The number of carbonyl (C=O) groups is 1. The van der Waals surface area contributed by atoms with Gasteiger partial charge in [-0.05, 0) is 18.6 Å². The number of likely N-dealkylation sites (tertiary alicyclic amines) is 1. The van der Waals surface area contributed by atoms with E-state index in [-0.39, 0.29) is 18.1 Å². The van der Waals surface area contributed by atoms with Crippen LogP contribution in [0.1, 0.15) is 27.8 Å². The number of carbonyl (C=O) groups excluding carboxylic acids is 1. The summed E-state index contributed by atoms with van der Waals surface area (Å²) in [6.45, 7) is 1.78. The Morgan fingerprint density at radius 3 is 3.19 bits per heavy atom. The van der Waals surface area contributed by atoms with E-state index in [2.05, 4.69) is 10.3 Å². The highest BCUT2D eigenvalue weighted by molar-refractivity contribution is 7.17. The summed E-state index contributed by atoms with van der Waals surface area (Å²) in [6.07, 6.45) is 2.54. The molecule has 0 aromatic carbocycles. The van der Waals surface area contributed by atoms with Crippen LogP contribution in [-0.4, -0.2) is 45.0 Å². The van der Waals surface area contributed by atoms with Crippen LogP contribution in [0.15, 0.2) is 18.3 Å².